The van der Waals surface area contributed by atoms with Crippen LogP contribution in [0.4, 0.5) is 0 Å². The maximum Gasteiger partial charge on any atom is 0.0575 e. The van der Waals surface area contributed by atoms with Crippen LogP contribution < -0.4 is 0 Å². The normalized spacial score (nSPS) is 38.0. The molecule has 0 spiro atoms. The number of rotatable bonds is 13. The maximum atomic E-state index is 6.04. The minimum absolute atomic E-state index is 0.583. The van der Waals surface area contributed by atoms with Crippen molar-refractivity contribution in [1.82, 2.24) is 0 Å². The van der Waals surface area contributed by atoms with Crippen molar-refractivity contribution < 1.29 is 4.74 Å². The lowest BCUT2D eigenvalue weighted by Crippen LogP contribution is -2.31. The highest BCUT2D eigenvalue weighted by molar-refractivity contribution is 4.86. The van der Waals surface area contributed by atoms with Gasteiger partial charge in [0.25, 0.3) is 0 Å². The third kappa shape index (κ3) is 9.17. The van der Waals surface area contributed by atoms with Gasteiger partial charge in [-0.15, -0.1) is 6.58 Å². The van der Waals surface area contributed by atoms with E-state index in [1.54, 1.807) is 57.8 Å². The summed E-state index contributed by atoms with van der Waals surface area (Å²) in [4.78, 5) is 0. The highest BCUT2D eigenvalue weighted by Gasteiger charge is 2.34. The minimum atomic E-state index is 0.583. The van der Waals surface area contributed by atoms with E-state index in [-0.39, 0.29) is 0 Å². The van der Waals surface area contributed by atoms with Crippen LogP contribution in [0.25, 0.3) is 0 Å². The Kier molecular flexibility index (Phi) is 12.7. The molecule has 0 unspecified atom stereocenters. The summed E-state index contributed by atoms with van der Waals surface area (Å²) in [6.45, 7) is 7.10. The van der Waals surface area contributed by atoms with Gasteiger partial charge in [-0.25, -0.2) is 0 Å². The van der Waals surface area contributed by atoms with Crippen molar-refractivity contribution >= 4 is 0 Å². The molecule has 4 aliphatic carbocycles. The van der Waals surface area contributed by atoms with Crippen LogP contribution in [0.5, 0.6) is 0 Å². The molecule has 1 nitrogen and oxygen atoms in total. The van der Waals surface area contributed by atoms with Crippen LogP contribution in [0.3, 0.4) is 0 Å². The second kappa shape index (κ2) is 16.0. The van der Waals surface area contributed by atoms with Crippen molar-refractivity contribution in [3.63, 3.8) is 0 Å². The van der Waals surface area contributed by atoms with Crippen LogP contribution >= 0.6 is 0 Å². The molecule has 0 aliphatic heterocycles. The van der Waals surface area contributed by atoms with E-state index in [0.717, 1.165) is 48.0 Å². The van der Waals surface area contributed by atoms with Crippen LogP contribution in [-0.4, -0.2) is 12.7 Å². The zero-order chi connectivity index (χ0) is 25.0. The van der Waals surface area contributed by atoms with Crippen LogP contribution in [0.2, 0.25) is 0 Å². The van der Waals surface area contributed by atoms with Gasteiger partial charge in [-0.05, 0) is 125 Å². The fourth-order valence-corrected chi connectivity index (χ4v) is 9.08. The molecule has 0 radical (unpaired) electrons. The molecular weight excluding hydrogens is 436 g/mol. The molecule has 0 bridgehead atoms. The van der Waals surface area contributed by atoms with Gasteiger partial charge in [0, 0.05) is 6.61 Å². The molecule has 36 heavy (non-hydrogen) atoms. The molecule has 4 fully saturated rings. The predicted molar refractivity (Wildman–Crippen MR) is 156 cm³/mol. The fourth-order valence-electron chi connectivity index (χ4n) is 9.08. The second-order valence-electron chi connectivity index (χ2n) is 13.9. The summed E-state index contributed by atoms with van der Waals surface area (Å²) in [6.07, 6.45) is 36.7. The Labute approximate surface area is 226 Å². The number of ether oxygens (including phenoxy) is 1. The first kappa shape index (κ1) is 28.7. The number of unbranched alkanes of at least 4 members (excludes halogenated alkanes) is 1. The summed E-state index contributed by atoms with van der Waals surface area (Å²) in [5.41, 5.74) is 0. The molecule has 0 aromatic carbocycles. The van der Waals surface area contributed by atoms with Crippen LogP contribution in [0.1, 0.15) is 155 Å². The van der Waals surface area contributed by atoms with Crippen molar-refractivity contribution in [1.29, 1.82) is 0 Å². The zero-order valence-corrected chi connectivity index (χ0v) is 24.3. The standard InChI is InChI=1S/C35H62O/c1-3-5-8-28-11-13-29(14-12-28)9-6-7-10-30-15-17-31(18-16-30)32-19-21-33(22-20-32)34-23-25-35(26-24-34)36-27-4-2/h3,28-35H,1,4-27H2,2H3. The molecule has 0 saturated heterocycles. The molecule has 4 saturated carbocycles. The van der Waals surface area contributed by atoms with Gasteiger partial charge >= 0.3 is 0 Å². The summed E-state index contributed by atoms with van der Waals surface area (Å²) >= 11 is 0. The third-order valence-electron chi connectivity index (χ3n) is 11.5. The second-order valence-corrected chi connectivity index (χ2v) is 13.9. The van der Waals surface area contributed by atoms with Crippen molar-refractivity contribution in [2.24, 2.45) is 41.4 Å². The molecule has 4 aliphatic rings. The van der Waals surface area contributed by atoms with Crippen LogP contribution in [0, 0.1) is 41.4 Å². The van der Waals surface area contributed by atoms with E-state index >= 15 is 0 Å². The van der Waals surface area contributed by atoms with E-state index in [9.17, 15) is 0 Å². The lowest BCUT2D eigenvalue weighted by Gasteiger charge is -2.41. The van der Waals surface area contributed by atoms with Gasteiger partial charge < -0.3 is 4.74 Å². The molecule has 0 N–H and O–H groups in total. The lowest BCUT2D eigenvalue weighted by atomic mass is 9.65. The Balaban J connectivity index is 1.02. The number of hydrogen-bond acceptors (Lipinski definition) is 1. The summed E-state index contributed by atoms with van der Waals surface area (Å²) in [7, 11) is 0. The Hall–Kier alpha value is -0.300. The van der Waals surface area contributed by atoms with Crippen molar-refractivity contribution in [2.45, 2.75) is 161 Å². The highest BCUT2D eigenvalue weighted by atomic mass is 16.5. The Morgan fingerprint density at radius 1 is 0.556 bits per heavy atom. The average molecular weight is 499 g/mol. The molecular formula is C35H62O. The first-order chi connectivity index (χ1) is 17.7. The van der Waals surface area contributed by atoms with E-state index in [2.05, 4.69) is 19.6 Å². The number of allylic oxidation sites excluding steroid dienone is 1. The smallest absolute Gasteiger partial charge is 0.0575 e. The van der Waals surface area contributed by atoms with E-state index in [0.29, 0.717) is 6.10 Å². The van der Waals surface area contributed by atoms with Crippen molar-refractivity contribution in [3.05, 3.63) is 12.7 Å². The maximum absolute atomic E-state index is 6.04. The van der Waals surface area contributed by atoms with Crippen molar-refractivity contribution in [2.75, 3.05) is 6.61 Å². The van der Waals surface area contributed by atoms with E-state index in [1.807, 2.05) is 0 Å². The van der Waals surface area contributed by atoms with Gasteiger partial charge in [0.05, 0.1) is 6.10 Å². The third-order valence-corrected chi connectivity index (χ3v) is 11.5. The molecule has 0 atom stereocenters. The fraction of sp³-hybridized carbons (Fsp3) is 0.943. The number of hydrogen-bond donors (Lipinski definition) is 0. The molecule has 0 aromatic heterocycles. The Morgan fingerprint density at radius 3 is 1.39 bits per heavy atom. The largest absolute Gasteiger partial charge is 0.378 e. The minimum Gasteiger partial charge on any atom is -0.378 e. The molecule has 0 amide bonds. The van der Waals surface area contributed by atoms with Gasteiger partial charge in [0.2, 0.25) is 0 Å². The molecule has 208 valence electrons. The summed E-state index contributed by atoms with van der Waals surface area (Å²) < 4.78 is 6.04. The first-order valence-corrected chi connectivity index (χ1v) is 17.0. The van der Waals surface area contributed by atoms with Crippen molar-refractivity contribution in [3.8, 4) is 0 Å². The summed E-state index contributed by atoms with van der Waals surface area (Å²) in [6, 6.07) is 0. The molecule has 0 heterocycles. The Morgan fingerprint density at radius 2 is 0.944 bits per heavy atom. The molecule has 1 heteroatoms. The average Bonchev–Trinajstić information content (AvgIpc) is 2.94. The summed E-state index contributed by atoms with van der Waals surface area (Å²) in [5.74, 6) is 7.36. The van der Waals surface area contributed by atoms with Crippen LogP contribution in [0.15, 0.2) is 12.7 Å². The van der Waals surface area contributed by atoms with Crippen LogP contribution in [-0.2, 0) is 4.74 Å². The van der Waals surface area contributed by atoms with Gasteiger partial charge in [-0.3, -0.25) is 0 Å². The van der Waals surface area contributed by atoms with E-state index < -0.39 is 0 Å². The Bertz CT molecular complexity index is 565. The quantitative estimate of drug-likeness (QED) is 0.181. The highest BCUT2D eigenvalue weighted by Crippen LogP contribution is 2.46. The van der Waals surface area contributed by atoms with E-state index in [4.69, 9.17) is 4.74 Å². The molecule has 4 rings (SSSR count). The van der Waals surface area contributed by atoms with Gasteiger partial charge in [-0.2, -0.15) is 0 Å². The lowest BCUT2D eigenvalue weighted by molar-refractivity contribution is 0.00568. The van der Waals surface area contributed by atoms with Gasteiger partial charge in [0.1, 0.15) is 0 Å². The first-order valence-electron chi connectivity index (χ1n) is 17.0. The van der Waals surface area contributed by atoms with Gasteiger partial charge in [-0.1, -0.05) is 77.2 Å². The summed E-state index contributed by atoms with van der Waals surface area (Å²) in [5, 5.41) is 0. The van der Waals surface area contributed by atoms with Gasteiger partial charge in [0.15, 0.2) is 0 Å². The SMILES string of the molecule is C=CCCC1CCC(CCCCC2CCC(C3CCC(C4CCC(OCCC)CC4)CC3)CC2)CC1. The van der Waals surface area contributed by atoms with E-state index in [1.165, 1.54) is 89.9 Å². The monoisotopic (exact) mass is 498 g/mol. The topological polar surface area (TPSA) is 9.23 Å². The predicted octanol–water partition coefficient (Wildman–Crippen LogP) is 10.9. The zero-order valence-electron chi connectivity index (χ0n) is 24.3. The molecule has 0 aromatic rings.